The number of hydrogen-bond donors (Lipinski definition) is 1. The Balaban J connectivity index is 2.14. The van der Waals surface area contributed by atoms with E-state index in [2.05, 4.69) is 4.98 Å². The largest absolute Gasteiger partial charge is 0.506 e. The van der Waals surface area contributed by atoms with Gasteiger partial charge in [0.2, 0.25) is 0 Å². The second kappa shape index (κ2) is 3.44. The molecule has 2 nitrogen and oxygen atoms in total. The van der Waals surface area contributed by atoms with E-state index in [-0.39, 0.29) is 11.6 Å². The molecule has 3 heteroatoms. The van der Waals surface area contributed by atoms with Gasteiger partial charge in [-0.3, -0.25) is 0 Å². The third-order valence-corrected chi connectivity index (χ3v) is 3.03. The van der Waals surface area contributed by atoms with Crippen molar-refractivity contribution in [3.63, 3.8) is 0 Å². The van der Waals surface area contributed by atoms with Crippen LogP contribution < -0.4 is 0 Å². The predicted molar refractivity (Wildman–Crippen MR) is 59.8 cm³/mol. The number of nitrogens with zero attached hydrogens (tertiary/aromatic N) is 1. The first-order valence-electron chi connectivity index (χ1n) is 5.51. The Labute approximate surface area is 92.7 Å². The average Bonchev–Trinajstić information content (AvgIpc) is 3.04. The molecule has 1 saturated carbocycles. The molecule has 1 aliphatic carbocycles. The van der Waals surface area contributed by atoms with Crippen LogP contribution in [0, 0.1) is 11.7 Å². The van der Waals surface area contributed by atoms with Crippen molar-refractivity contribution in [3.8, 4) is 5.75 Å². The van der Waals surface area contributed by atoms with Crippen LogP contribution in [-0.2, 0) is 6.42 Å². The van der Waals surface area contributed by atoms with Crippen molar-refractivity contribution < 1.29 is 9.50 Å². The van der Waals surface area contributed by atoms with Crippen molar-refractivity contribution in [2.75, 3.05) is 0 Å². The van der Waals surface area contributed by atoms with Crippen LogP contribution in [0.15, 0.2) is 24.3 Å². The Kier molecular flexibility index (Phi) is 2.06. The number of pyridine rings is 1. The van der Waals surface area contributed by atoms with E-state index in [0.29, 0.717) is 22.5 Å². The lowest BCUT2D eigenvalue weighted by atomic mass is 10.1. The molecule has 0 amide bonds. The van der Waals surface area contributed by atoms with Gasteiger partial charge in [0.1, 0.15) is 17.1 Å². The molecule has 2 aromatic rings. The molecular weight excluding hydrogens is 205 g/mol. The lowest BCUT2D eigenvalue weighted by molar-refractivity contribution is 0.463. The fourth-order valence-electron chi connectivity index (χ4n) is 1.93. The van der Waals surface area contributed by atoms with Crippen LogP contribution in [0.3, 0.4) is 0 Å². The molecule has 1 aliphatic rings. The first kappa shape index (κ1) is 9.58. The van der Waals surface area contributed by atoms with E-state index < -0.39 is 0 Å². The van der Waals surface area contributed by atoms with Crippen molar-refractivity contribution in [2.45, 2.75) is 19.3 Å². The topological polar surface area (TPSA) is 33.1 Å². The normalized spacial score (nSPS) is 15.6. The van der Waals surface area contributed by atoms with Gasteiger partial charge in [0.15, 0.2) is 0 Å². The zero-order chi connectivity index (χ0) is 11.1. The Morgan fingerprint density at radius 2 is 2.19 bits per heavy atom. The van der Waals surface area contributed by atoms with Gasteiger partial charge in [-0.25, -0.2) is 9.37 Å². The van der Waals surface area contributed by atoms with Crippen molar-refractivity contribution in [3.05, 3.63) is 35.8 Å². The molecule has 0 atom stereocenters. The number of fused-ring (bicyclic) bond motifs is 1. The maximum atomic E-state index is 13.5. The fraction of sp³-hybridized carbons (Fsp3) is 0.308. The first-order chi connectivity index (χ1) is 7.74. The quantitative estimate of drug-likeness (QED) is 0.838. The van der Waals surface area contributed by atoms with Gasteiger partial charge in [0.05, 0.1) is 5.69 Å². The molecule has 1 N–H and O–H groups in total. The summed E-state index contributed by atoms with van der Waals surface area (Å²) in [6.45, 7) is 0. The molecule has 0 saturated heterocycles. The summed E-state index contributed by atoms with van der Waals surface area (Å²) in [5, 5.41) is 10.4. The molecule has 0 aliphatic heterocycles. The standard InChI is InChI=1S/C13H12FNO/c14-10-3-1-2-9-7-12(16)11(15-13(9)10)6-8-4-5-8/h1-3,7-8,16H,4-6H2. The van der Waals surface area contributed by atoms with E-state index in [0.717, 1.165) is 6.42 Å². The maximum absolute atomic E-state index is 13.5. The number of aromatic hydroxyl groups is 1. The molecule has 16 heavy (non-hydrogen) atoms. The Bertz CT molecular complexity index is 549. The number of rotatable bonds is 2. The van der Waals surface area contributed by atoms with Gasteiger partial charge < -0.3 is 5.11 Å². The summed E-state index contributed by atoms with van der Waals surface area (Å²) in [4.78, 5) is 4.23. The molecule has 82 valence electrons. The first-order valence-corrected chi connectivity index (χ1v) is 5.51. The number of benzene rings is 1. The molecular formula is C13H12FNO. The van der Waals surface area contributed by atoms with Crippen LogP contribution in [0.25, 0.3) is 10.9 Å². The van der Waals surface area contributed by atoms with E-state index in [1.54, 1.807) is 18.2 Å². The van der Waals surface area contributed by atoms with E-state index in [1.807, 2.05) is 0 Å². The maximum Gasteiger partial charge on any atom is 0.149 e. The number of hydrogen-bond acceptors (Lipinski definition) is 2. The minimum atomic E-state index is -0.324. The minimum Gasteiger partial charge on any atom is -0.506 e. The Morgan fingerprint density at radius 3 is 2.94 bits per heavy atom. The SMILES string of the molecule is Oc1cc2cccc(F)c2nc1CC1CC1. The number of halogens is 1. The van der Waals surface area contributed by atoms with Crippen LogP contribution in [0.2, 0.25) is 0 Å². The smallest absolute Gasteiger partial charge is 0.149 e. The highest BCUT2D eigenvalue weighted by Gasteiger charge is 2.24. The van der Waals surface area contributed by atoms with Crippen LogP contribution >= 0.6 is 0 Å². The van der Waals surface area contributed by atoms with E-state index in [9.17, 15) is 9.50 Å². The molecule has 0 unspecified atom stereocenters. The summed E-state index contributed by atoms with van der Waals surface area (Å²) in [7, 11) is 0. The Hall–Kier alpha value is -1.64. The van der Waals surface area contributed by atoms with Gasteiger partial charge in [-0.1, -0.05) is 12.1 Å². The zero-order valence-corrected chi connectivity index (χ0v) is 8.78. The molecule has 0 bridgehead atoms. The van der Waals surface area contributed by atoms with Gasteiger partial charge in [0, 0.05) is 5.39 Å². The molecule has 1 fully saturated rings. The summed E-state index contributed by atoms with van der Waals surface area (Å²) in [5.74, 6) is 0.488. The van der Waals surface area contributed by atoms with Gasteiger partial charge in [-0.15, -0.1) is 0 Å². The highest BCUT2D eigenvalue weighted by molar-refractivity contribution is 5.80. The van der Waals surface area contributed by atoms with Crippen LogP contribution in [0.1, 0.15) is 18.5 Å². The lowest BCUT2D eigenvalue weighted by Crippen LogP contribution is -1.95. The van der Waals surface area contributed by atoms with Crippen molar-refractivity contribution >= 4 is 10.9 Å². The molecule has 1 aromatic heterocycles. The van der Waals surface area contributed by atoms with Crippen molar-refractivity contribution in [1.82, 2.24) is 4.98 Å². The van der Waals surface area contributed by atoms with Crippen LogP contribution in [0.5, 0.6) is 5.75 Å². The highest BCUT2D eigenvalue weighted by Crippen LogP contribution is 2.35. The highest BCUT2D eigenvalue weighted by atomic mass is 19.1. The fourth-order valence-corrected chi connectivity index (χ4v) is 1.93. The van der Waals surface area contributed by atoms with E-state index in [1.165, 1.54) is 18.9 Å². The monoisotopic (exact) mass is 217 g/mol. The second-order valence-electron chi connectivity index (χ2n) is 4.41. The van der Waals surface area contributed by atoms with Crippen LogP contribution in [-0.4, -0.2) is 10.1 Å². The average molecular weight is 217 g/mol. The summed E-state index contributed by atoms with van der Waals surface area (Å²) in [5.41, 5.74) is 0.982. The lowest BCUT2D eigenvalue weighted by Gasteiger charge is -2.05. The zero-order valence-electron chi connectivity index (χ0n) is 8.78. The number of aromatic nitrogens is 1. The molecule has 1 aromatic carbocycles. The van der Waals surface area contributed by atoms with Gasteiger partial charge in [-0.05, 0) is 37.3 Å². The minimum absolute atomic E-state index is 0.185. The third-order valence-electron chi connectivity index (χ3n) is 3.03. The van der Waals surface area contributed by atoms with Crippen molar-refractivity contribution in [2.24, 2.45) is 5.92 Å². The second-order valence-corrected chi connectivity index (χ2v) is 4.41. The predicted octanol–water partition coefficient (Wildman–Crippen LogP) is 3.03. The molecule has 1 heterocycles. The number of para-hydroxylation sites is 1. The summed E-state index contributed by atoms with van der Waals surface area (Å²) in [6.07, 6.45) is 3.14. The summed E-state index contributed by atoms with van der Waals surface area (Å²) in [6, 6.07) is 6.38. The van der Waals surface area contributed by atoms with E-state index >= 15 is 0 Å². The van der Waals surface area contributed by atoms with Gasteiger partial charge >= 0.3 is 0 Å². The summed E-state index contributed by atoms with van der Waals surface area (Å²) < 4.78 is 13.5. The molecule has 3 rings (SSSR count). The third kappa shape index (κ3) is 1.62. The molecule has 0 spiro atoms. The van der Waals surface area contributed by atoms with Gasteiger partial charge in [0.25, 0.3) is 0 Å². The summed E-state index contributed by atoms with van der Waals surface area (Å²) >= 11 is 0. The van der Waals surface area contributed by atoms with Crippen molar-refractivity contribution in [1.29, 1.82) is 0 Å². The van der Waals surface area contributed by atoms with Gasteiger partial charge in [-0.2, -0.15) is 0 Å². The Morgan fingerprint density at radius 1 is 1.38 bits per heavy atom. The molecule has 0 radical (unpaired) electrons. The van der Waals surface area contributed by atoms with E-state index in [4.69, 9.17) is 0 Å². The van der Waals surface area contributed by atoms with Crippen LogP contribution in [0.4, 0.5) is 4.39 Å².